The number of hydrogen-bond acceptors (Lipinski definition) is 12. The molecular formula is C34H42O12. The van der Waals surface area contributed by atoms with Gasteiger partial charge in [-0.25, -0.2) is 0 Å². The van der Waals surface area contributed by atoms with Crippen LogP contribution >= 0.6 is 0 Å². The zero-order valence-electron chi connectivity index (χ0n) is 26.0. The molecular weight excluding hydrogens is 600 g/mol. The van der Waals surface area contributed by atoms with Gasteiger partial charge in [0, 0.05) is 0 Å². The summed E-state index contributed by atoms with van der Waals surface area (Å²) in [4.78, 5) is 0. The molecule has 0 saturated carbocycles. The van der Waals surface area contributed by atoms with Crippen LogP contribution in [0, 0.1) is 13.8 Å². The molecule has 5 rings (SSSR count). The fourth-order valence-corrected chi connectivity index (χ4v) is 5.74. The smallest absolute Gasteiger partial charge is 0.231 e. The predicted molar refractivity (Wildman–Crippen MR) is 165 cm³/mol. The Hall–Kier alpha value is -3.14. The van der Waals surface area contributed by atoms with Crippen LogP contribution in [0.2, 0.25) is 0 Å². The Balaban J connectivity index is 1.28. The molecule has 3 aromatic rings. The Morgan fingerprint density at radius 2 is 0.913 bits per heavy atom. The summed E-state index contributed by atoms with van der Waals surface area (Å²) in [6, 6.07) is 18.8. The van der Waals surface area contributed by atoms with E-state index in [0.717, 1.165) is 33.4 Å². The van der Waals surface area contributed by atoms with Crippen molar-refractivity contribution in [3.05, 3.63) is 71.8 Å². The summed E-state index contributed by atoms with van der Waals surface area (Å²) in [7, 11) is 0. The quantitative estimate of drug-likeness (QED) is 0.172. The van der Waals surface area contributed by atoms with E-state index in [9.17, 15) is 40.9 Å². The largest absolute Gasteiger partial charge is 0.461 e. The number of ether oxygens (including phenoxy) is 4. The minimum absolute atomic E-state index is 0.404. The van der Waals surface area contributed by atoms with Crippen molar-refractivity contribution in [3.8, 4) is 33.8 Å². The second-order valence-electron chi connectivity index (χ2n) is 12.5. The first kappa shape index (κ1) is 34.2. The molecule has 2 saturated heterocycles. The van der Waals surface area contributed by atoms with Crippen LogP contribution in [0.15, 0.2) is 60.7 Å². The molecule has 2 fully saturated rings. The van der Waals surface area contributed by atoms with Crippen LogP contribution in [0.5, 0.6) is 11.5 Å². The van der Waals surface area contributed by atoms with E-state index in [1.165, 1.54) is 13.8 Å². The normalized spacial score (nSPS) is 34.7. The van der Waals surface area contributed by atoms with E-state index in [2.05, 4.69) is 0 Å². The average Bonchev–Trinajstić information content (AvgIpc) is 3.03. The van der Waals surface area contributed by atoms with Crippen LogP contribution in [0.4, 0.5) is 0 Å². The van der Waals surface area contributed by atoms with Crippen molar-refractivity contribution < 1.29 is 59.8 Å². The van der Waals surface area contributed by atoms with Gasteiger partial charge in [-0.3, -0.25) is 0 Å². The Morgan fingerprint density at radius 1 is 0.587 bits per heavy atom. The first-order valence-electron chi connectivity index (χ1n) is 15.0. The van der Waals surface area contributed by atoms with Crippen molar-refractivity contribution in [1.29, 1.82) is 0 Å². The predicted octanol–water partition coefficient (Wildman–Crippen LogP) is 0.775. The molecule has 3 aromatic carbocycles. The Morgan fingerprint density at radius 3 is 1.22 bits per heavy atom. The maximum absolute atomic E-state index is 10.8. The SMILES string of the molecule is Cc1cc(-c2ccc(-c3ccc(O[C@H]4OC(CO)[C@@H](O)C(O)[C@]4(C)O)c(C)c3)cc2)ccc1O[C@H]1OC(CO)[C@@H](O)C(O)[C@]1(C)O. The van der Waals surface area contributed by atoms with Gasteiger partial charge < -0.3 is 59.8 Å². The van der Waals surface area contributed by atoms with Crippen molar-refractivity contribution >= 4 is 0 Å². The Kier molecular flexibility index (Phi) is 9.79. The van der Waals surface area contributed by atoms with Crippen LogP contribution in [0.1, 0.15) is 25.0 Å². The maximum atomic E-state index is 10.8. The van der Waals surface area contributed by atoms with Gasteiger partial charge in [-0.2, -0.15) is 0 Å². The molecule has 0 spiro atoms. The molecule has 2 heterocycles. The molecule has 0 radical (unpaired) electrons. The van der Waals surface area contributed by atoms with Crippen LogP contribution in [0.3, 0.4) is 0 Å². The van der Waals surface area contributed by atoms with Gasteiger partial charge in [0.05, 0.1) is 13.2 Å². The molecule has 46 heavy (non-hydrogen) atoms. The molecule has 10 atom stereocenters. The van der Waals surface area contributed by atoms with Gasteiger partial charge in [0.2, 0.25) is 12.6 Å². The van der Waals surface area contributed by atoms with Crippen LogP contribution in [0.25, 0.3) is 22.3 Å². The Bertz CT molecular complexity index is 1390. The van der Waals surface area contributed by atoms with Gasteiger partial charge in [-0.05, 0) is 85.3 Å². The topological polar surface area (TPSA) is 199 Å². The lowest BCUT2D eigenvalue weighted by Gasteiger charge is -2.45. The van der Waals surface area contributed by atoms with Gasteiger partial charge in [0.15, 0.2) is 11.2 Å². The first-order valence-corrected chi connectivity index (χ1v) is 15.0. The molecule has 12 nitrogen and oxygen atoms in total. The summed E-state index contributed by atoms with van der Waals surface area (Å²) < 4.78 is 22.9. The summed E-state index contributed by atoms with van der Waals surface area (Å²) in [5.74, 6) is 0.808. The number of aliphatic hydroxyl groups excluding tert-OH is 6. The van der Waals surface area contributed by atoms with E-state index in [1.807, 2.05) is 62.4 Å². The highest BCUT2D eigenvalue weighted by molar-refractivity contribution is 5.72. The standard InChI is InChI=1S/C34H42O12/c1-17-13-21(9-11-23(17)43-31-33(3,41)29(39)27(37)25(15-35)45-31)19-5-7-20(8-6-19)22-10-12-24(18(2)14-22)44-32-34(4,42)30(40)28(38)26(16-36)46-32/h5-14,25-32,35-42H,15-16H2,1-4H3/t25?,26?,27-,28-,29?,30?,31+,32+,33+,34+/m1/s1. The lowest BCUT2D eigenvalue weighted by molar-refractivity contribution is -0.314. The van der Waals surface area contributed by atoms with Crippen LogP contribution in [-0.2, 0) is 9.47 Å². The second-order valence-corrected chi connectivity index (χ2v) is 12.5. The summed E-state index contributed by atoms with van der Waals surface area (Å²) >= 11 is 0. The average molecular weight is 643 g/mol. The van der Waals surface area contributed by atoms with E-state index in [0.29, 0.717) is 11.5 Å². The summed E-state index contributed by atoms with van der Waals surface area (Å²) in [5, 5.41) is 81.5. The number of aliphatic hydroxyl groups is 8. The molecule has 12 heteroatoms. The van der Waals surface area contributed by atoms with Crippen molar-refractivity contribution in [2.75, 3.05) is 13.2 Å². The molecule has 0 aliphatic carbocycles. The van der Waals surface area contributed by atoms with Crippen molar-refractivity contribution in [3.63, 3.8) is 0 Å². The molecule has 2 aliphatic heterocycles. The fourth-order valence-electron chi connectivity index (χ4n) is 5.74. The molecule has 0 aromatic heterocycles. The van der Waals surface area contributed by atoms with E-state index in [4.69, 9.17) is 18.9 Å². The van der Waals surface area contributed by atoms with E-state index >= 15 is 0 Å². The molecule has 0 amide bonds. The third-order valence-electron chi connectivity index (χ3n) is 8.89. The zero-order chi connectivity index (χ0) is 33.6. The lowest BCUT2D eigenvalue weighted by Crippen LogP contribution is -2.66. The summed E-state index contributed by atoms with van der Waals surface area (Å²) in [6.07, 6.45) is -11.0. The molecule has 0 bridgehead atoms. The molecule has 2 aliphatic rings. The number of rotatable bonds is 8. The van der Waals surface area contributed by atoms with Crippen molar-refractivity contribution in [1.82, 2.24) is 0 Å². The van der Waals surface area contributed by atoms with E-state index in [-0.39, 0.29) is 0 Å². The third kappa shape index (κ3) is 6.38. The minimum atomic E-state index is -1.92. The van der Waals surface area contributed by atoms with E-state index in [1.54, 1.807) is 12.1 Å². The van der Waals surface area contributed by atoms with Gasteiger partial charge >= 0.3 is 0 Å². The molecule has 8 N–H and O–H groups in total. The second kappa shape index (κ2) is 13.2. The number of hydrogen-bond donors (Lipinski definition) is 8. The third-order valence-corrected chi connectivity index (χ3v) is 8.89. The minimum Gasteiger partial charge on any atom is -0.461 e. The van der Waals surface area contributed by atoms with Crippen molar-refractivity contribution in [2.24, 2.45) is 0 Å². The number of benzene rings is 3. The highest BCUT2D eigenvalue weighted by Crippen LogP contribution is 2.36. The van der Waals surface area contributed by atoms with Gasteiger partial charge in [-0.1, -0.05) is 36.4 Å². The Labute approximate surface area is 266 Å². The monoisotopic (exact) mass is 642 g/mol. The fraction of sp³-hybridized carbons (Fsp3) is 0.471. The zero-order valence-corrected chi connectivity index (χ0v) is 26.0. The summed E-state index contributed by atoms with van der Waals surface area (Å²) in [6.45, 7) is 5.15. The van der Waals surface area contributed by atoms with Gasteiger partial charge in [-0.15, -0.1) is 0 Å². The number of aryl methyl sites for hydroxylation is 2. The first-order chi connectivity index (χ1) is 21.7. The molecule has 250 valence electrons. The lowest BCUT2D eigenvalue weighted by atomic mass is 9.88. The van der Waals surface area contributed by atoms with Crippen molar-refractivity contribution in [2.45, 2.75) is 88.1 Å². The van der Waals surface area contributed by atoms with E-state index < -0.39 is 73.6 Å². The van der Waals surface area contributed by atoms with Crippen LogP contribution in [-0.4, -0.2) is 114 Å². The molecule has 4 unspecified atom stereocenters. The van der Waals surface area contributed by atoms with Gasteiger partial charge in [0.1, 0.15) is 48.1 Å². The highest BCUT2D eigenvalue weighted by atomic mass is 16.7. The summed E-state index contributed by atoms with van der Waals surface area (Å²) in [5.41, 5.74) is 1.31. The van der Waals surface area contributed by atoms with Crippen LogP contribution < -0.4 is 9.47 Å². The highest BCUT2D eigenvalue weighted by Gasteiger charge is 2.54. The van der Waals surface area contributed by atoms with Gasteiger partial charge in [0.25, 0.3) is 0 Å². The maximum Gasteiger partial charge on any atom is 0.231 e.